The lowest BCUT2D eigenvalue weighted by Crippen LogP contribution is -2.68. The van der Waals surface area contributed by atoms with Gasteiger partial charge in [-0.25, -0.2) is 9.36 Å². The lowest BCUT2D eigenvalue weighted by Gasteiger charge is -2.61. The molecule has 0 radical (unpaired) electrons. The Balaban J connectivity index is 1.69. The van der Waals surface area contributed by atoms with Gasteiger partial charge in [-0.1, -0.05) is 18.2 Å². The highest BCUT2D eigenvalue weighted by Gasteiger charge is 2.57. The number of aromatic amines is 1. The molecule has 2 bridgehead atoms. The number of aromatic nitrogens is 2. The van der Waals surface area contributed by atoms with Gasteiger partial charge in [0.1, 0.15) is 11.1 Å². The summed E-state index contributed by atoms with van der Waals surface area (Å²) in [4.78, 5) is 40.9. The highest BCUT2D eigenvalue weighted by atomic mass is 16.3. The van der Waals surface area contributed by atoms with E-state index >= 15 is 0 Å². The molecule has 0 saturated heterocycles. The van der Waals surface area contributed by atoms with E-state index in [1.54, 1.807) is 37.3 Å². The maximum atomic E-state index is 13.1. The molecule has 1 aromatic carbocycles. The Kier molecular flexibility index (Phi) is 2.90. The number of carbonyl (C=O) groups excluding carboxylic acids is 1. The van der Waals surface area contributed by atoms with Crippen LogP contribution in [0.5, 0.6) is 0 Å². The smallest absolute Gasteiger partial charge is 0.335 e. The van der Waals surface area contributed by atoms with Gasteiger partial charge in [-0.05, 0) is 44.2 Å². The van der Waals surface area contributed by atoms with Gasteiger partial charge in [-0.2, -0.15) is 0 Å². The minimum absolute atomic E-state index is 0.0347. The van der Waals surface area contributed by atoms with E-state index in [0.717, 1.165) is 29.7 Å². The summed E-state index contributed by atoms with van der Waals surface area (Å²) in [6.07, 6.45) is 3.00. The van der Waals surface area contributed by atoms with Gasteiger partial charge in [-0.15, -0.1) is 0 Å². The summed E-state index contributed by atoms with van der Waals surface area (Å²) in [5.41, 5.74) is -0.602. The predicted molar refractivity (Wildman–Crippen MR) is 94.7 cm³/mol. The van der Waals surface area contributed by atoms with Crippen molar-refractivity contribution in [2.75, 3.05) is 0 Å². The van der Waals surface area contributed by atoms with Crippen molar-refractivity contribution in [3.8, 4) is 5.69 Å². The number of aryl methyl sites for hydroxylation is 1. The number of nitrogens with zero attached hydrogens (tertiary/aromatic N) is 1. The van der Waals surface area contributed by atoms with E-state index in [0.29, 0.717) is 11.4 Å². The fraction of sp³-hybridized carbons (Fsp3) is 0.316. The third-order valence-electron chi connectivity index (χ3n) is 5.58. The molecule has 0 aliphatic heterocycles. The first kappa shape index (κ1) is 15.2. The average molecular weight is 351 g/mol. The van der Waals surface area contributed by atoms with Gasteiger partial charge >= 0.3 is 5.69 Å². The van der Waals surface area contributed by atoms with Crippen LogP contribution in [-0.4, -0.2) is 21.0 Å². The number of amides is 1. The van der Waals surface area contributed by atoms with Crippen molar-refractivity contribution in [3.05, 3.63) is 62.5 Å². The Morgan fingerprint density at radius 1 is 1.23 bits per heavy atom. The molecule has 132 valence electrons. The van der Waals surface area contributed by atoms with Crippen LogP contribution >= 0.6 is 0 Å². The van der Waals surface area contributed by atoms with Gasteiger partial charge in [0, 0.05) is 5.54 Å². The number of benzene rings is 1. The molecule has 6 rings (SSSR count). The molecular formula is C19H17N3O4. The molecule has 0 atom stereocenters. The van der Waals surface area contributed by atoms with Crippen LogP contribution in [0.2, 0.25) is 0 Å². The zero-order valence-corrected chi connectivity index (χ0v) is 14.2. The summed E-state index contributed by atoms with van der Waals surface area (Å²) in [6, 6.07) is 8.60. The Bertz CT molecular complexity index is 1150. The normalized spacial score (nSPS) is 23.3. The topological polar surface area (TPSA) is 97.1 Å². The SMILES string of the molecule is Cc1oc2[nH]c(=O)n(-c3ccccc3)c(=O)c2c1C(=O)NC12CC(C1)C2. The van der Waals surface area contributed by atoms with Gasteiger partial charge in [0.25, 0.3) is 11.5 Å². The van der Waals surface area contributed by atoms with Crippen LogP contribution in [0.1, 0.15) is 35.4 Å². The fourth-order valence-corrected chi connectivity index (χ4v) is 4.21. The van der Waals surface area contributed by atoms with E-state index in [4.69, 9.17) is 4.42 Å². The van der Waals surface area contributed by atoms with Gasteiger partial charge in [0.15, 0.2) is 0 Å². The van der Waals surface area contributed by atoms with Gasteiger partial charge in [-0.3, -0.25) is 14.6 Å². The Hall–Kier alpha value is -3.09. The second-order valence-electron chi connectivity index (χ2n) is 7.36. The second kappa shape index (κ2) is 4.97. The molecule has 0 unspecified atom stereocenters. The molecule has 2 heterocycles. The molecule has 3 aromatic rings. The van der Waals surface area contributed by atoms with Gasteiger partial charge < -0.3 is 9.73 Å². The van der Waals surface area contributed by atoms with E-state index in [2.05, 4.69) is 10.3 Å². The number of H-pyrrole nitrogens is 1. The number of nitrogens with one attached hydrogen (secondary N) is 2. The van der Waals surface area contributed by atoms with E-state index in [9.17, 15) is 14.4 Å². The summed E-state index contributed by atoms with van der Waals surface area (Å²) < 4.78 is 6.54. The van der Waals surface area contributed by atoms with Crippen molar-refractivity contribution in [1.29, 1.82) is 0 Å². The molecule has 2 aromatic heterocycles. The zero-order chi connectivity index (χ0) is 18.1. The molecule has 3 saturated carbocycles. The number of furan rings is 1. The highest BCUT2D eigenvalue weighted by Crippen LogP contribution is 2.57. The fourth-order valence-electron chi connectivity index (χ4n) is 4.21. The van der Waals surface area contributed by atoms with Crippen molar-refractivity contribution < 1.29 is 9.21 Å². The number of hydrogen-bond donors (Lipinski definition) is 2. The molecule has 26 heavy (non-hydrogen) atoms. The average Bonchev–Trinajstić information content (AvgIpc) is 2.87. The molecule has 3 aliphatic rings. The molecule has 3 aliphatic carbocycles. The molecule has 2 N–H and O–H groups in total. The monoisotopic (exact) mass is 351 g/mol. The van der Waals surface area contributed by atoms with Crippen molar-refractivity contribution in [2.24, 2.45) is 5.92 Å². The van der Waals surface area contributed by atoms with Gasteiger partial charge in [0.05, 0.1) is 11.3 Å². The molecule has 3 fully saturated rings. The molecule has 1 amide bonds. The second-order valence-corrected chi connectivity index (χ2v) is 7.36. The highest BCUT2D eigenvalue weighted by molar-refractivity contribution is 6.06. The van der Waals surface area contributed by atoms with Crippen LogP contribution in [0.4, 0.5) is 0 Å². The van der Waals surface area contributed by atoms with E-state index in [-0.39, 0.29) is 28.1 Å². The van der Waals surface area contributed by atoms with E-state index in [1.807, 2.05) is 0 Å². The minimum atomic E-state index is -0.603. The first-order chi connectivity index (χ1) is 12.5. The van der Waals surface area contributed by atoms with E-state index < -0.39 is 11.2 Å². The van der Waals surface area contributed by atoms with Crippen LogP contribution in [0.25, 0.3) is 16.8 Å². The summed E-state index contributed by atoms with van der Waals surface area (Å²) in [5.74, 6) is 0.731. The van der Waals surface area contributed by atoms with Crippen LogP contribution in [-0.2, 0) is 0 Å². The summed E-state index contributed by atoms with van der Waals surface area (Å²) in [6.45, 7) is 1.63. The lowest BCUT2D eigenvalue weighted by molar-refractivity contribution is -0.0438. The van der Waals surface area contributed by atoms with E-state index in [1.165, 1.54) is 0 Å². The number of rotatable bonds is 3. The minimum Gasteiger partial charge on any atom is -0.444 e. The maximum Gasteiger partial charge on any atom is 0.335 e. The maximum absolute atomic E-state index is 13.1. The Morgan fingerprint density at radius 3 is 2.54 bits per heavy atom. The summed E-state index contributed by atoms with van der Waals surface area (Å²) >= 11 is 0. The molecule has 7 heteroatoms. The third-order valence-corrected chi connectivity index (χ3v) is 5.58. The number of carbonyl (C=O) groups is 1. The van der Waals surface area contributed by atoms with Crippen LogP contribution in [0.3, 0.4) is 0 Å². The van der Waals surface area contributed by atoms with Gasteiger partial charge in [0.2, 0.25) is 5.71 Å². The van der Waals surface area contributed by atoms with Crippen LogP contribution in [0.15, 0.2) is 44.3 Å². The third kappa shape index (κ3) is 1.97. The van der Waals surface area contributed by atoms with Crippen molar-refractivity contribution in [3.63, 3.8) is 0 Å². The van der Waals surface area contributed by atoms with Crippen molar-refractivity contribution in [2.45, 2.75) is 31.7 Å². The Morgan fingerprint density at radius 2 is 1.92 bits per heavy atom. The largest absolute Gasteiger partial charge is 0.444 e. The predicted octanol–water partition coefficient (Wildman–Crippen LogP) is 1.86. The first-order valence-corrected chi connectivity index (χ1v) is 8.64. The van der Waals surface area contributed by atoms with Crippen molar-refractivity contribution >= 4 is 17.0 Å². The standard InChI is InChI=1S/C19H17N3O4/c1-10-13(15(23)21-19-7-11(8-19)9-19)14-16(26-10)20-18(25)22(17(14)24)12-5-3-2-4-6-12/h2-6,11H,7-9H2,1H3,(H,20,25)(H,21,23). The number of fused-ring (bicyclic) bond motifs is 1. The van der Waals surface area contributed by atoms with Crippen LogP contribution in [0, 0.1) is 12.8 Å². The summed E-state index contributed by atoms with van der Waals surface area (Å²) in [5, 5.41) is 3.16. The first-order valence-electron chi connectivity index (χ1n) is 8.64. The molecule has 0 spiro atoms. The molecule has 7 nitrogen and oxygen atoms in total. The quantitative estimate of drug-likeness (QED) is 0.753. The molecular weight excluding hydrogens is 334 g/mol. The van der Waals surface area contributed by atoms with Crippen molar-refractivity contribution in [1.82, 2.24) is 14.9 Å². The number of para-hydroxylation sites is 1. The Labute approximate surface area is 147 Å². The summed E-state index contributed by atoms with van der Waals surface area (Å²) in [7, 11) is 0. The lowest BCUT2D eigenvalue weighted by atomic mass is 9.50. The van der Waals surface area contributed by atoms with Crippen LogP contribution < -0.4 is 16.6 Å². The number of hydrogen-bond acceptors (Lipinski definition) is 4. The zero-order valence-electron chi connectivity index (χ0n) is 14.2.